The van der Waals surface area contributed by atoms with Crippen LogP contribution in [0.4, 0.5) is 13.2 Å². The molecule has 5 N–H and O–H groups in total. The number of aliphatic imine (C=N–C) groups is 1. The summed E-state index contributed by atoms with van der Waals surface area (Å²) in [5, 5.41) is 3.18. The summed E-state index contributed by atoms with van der Waals surface area (Å²) < 4.78 is 50.8. The second-order valence-corrected chi connectivity index (χ2v) is 8.24. The van der Waals surface area contributed by atoms with E-state index in [0.717, 1.165) is 12.5 Å². The fourth-order valence-corrected chi connectivity index (χ4v) is 4.14. The summed E-state index contributed by atoms with van der Waals surface area (Å²) in [5.41, 5.74) is 12.2. The van der Waals surface area contributed by atoms with Gasteiger partial charge in [-0.15, -0.1) is 0 Å². The topological polar surface area (TPSA) is 142 Å². The fourth-order valence-electron chi connectivity index (χ4n) is 4.14. The Morgan fingerprint density at radius 2 is 2.11 bits per heavy atom. The first-order chi connectivity index (χ1) is 17.7. The van der Waals surface area contributed by atoms with E-state index in [1.165, 1.54) is 31.5 Å². The van der Waals surface area contributed by atoms with Crippen LogP contribution in [0.3, 0.4) is 0 Å². The number of benzene rings is 1. The van der Waals surface area contributed by atoms with E-state index in [-0.39, 0.29) is 35.2 Å². The maximum absolute atomic E-state index is 13.3. The molecule has 12 heteroatoms. The van der Waals surface area contributed by atoms with E-state index in [9.17, 15) is 18.0 Å². The van der Waals surface area contributed by atoms with Gasteiger partial charge in [0.1, 0.15) is 17.0 Å². The van der Waals surface area contributed by atoms with Crippen LogP contribution in [-0.2, 0) is 12.7 Å². The average Bonchev–Trinajstić information content (AvgIpc) is 3.31. The Labute approximate surface area is 210 Å². The van der Waals surface area contributed by atoms with Crippen LogP contribution in [0.5, 0.6) is 5.75 Å². The molecule has 0 saturated carbocycles. The molecule has 2 aromatic heterocycles. The van der Waals surface area contributed by atoms with Crippen LogP contribution in [-0.4, -0.2) is 35.2 Å². The number of nitrogens with zero attached hydrogens (tertiary/aromatic N) is 3. The third-order valence-electron chi connectivity index (χ3n) is 5.88. The molecule has 0 aliphatic heterocycles. The van der Waals surface area contributed by atoms with Gasteiger partial charge in [0, 0.05) is 22.9 Å². The molecule has 0 bridgehead atoms. The van der Waals surface area contributed by atoms with Crippen LogP contribution in [0.25, 0.3) is 22.4 Å². The smallest absolute Gasteiger partial charge is 0.433 e. The van der Waals surface area contributed by atoms with E-state index >= 15 is 0 Å². The number of carbonyl (C=O) groups is 1. The lowest BCUT2D eigenvalue weighted by molar-refractivity contribution is -0.140. The number of alkyl halides is 3. The van der Waals surface area contributed by atoms with Crippen molar-refractivity contribution in [1.82, 2.24) is 15.3 Å². The number of oxazole rings is 1. The molecule has 1 aliphatic carbocycles. The molecule has 37 heavy (non-hydrogen) atoms. The summed E-state index contributed by atoms with van der Waals surface area (Å²) in [6.07, 6.45) is 0.418. The van der Waals surface area contributed by atoms with Crippen molar-refractivity contribution in [3.63, 3.8) is 0 Å². The number of carbonyl (C=O) groups excluding carboxylic acids is 1. The number of nitrogens with one attached hydrogen (secondary N) is 1. The summed E-state index contributed by atoms with van der Waals surface area (Å²) in [7, 11) is 1.33. The molecular formula is C25H25F3N6O3. The van der Waals surface area contributed by atoms with E-state index < -0.39 is 23.8 Å². The first-order valence-corrected chi connectivity index (χ1v) is 11.4. The van der Waals surface area contributed by atoms with Gasteiger partial charge >= 0.3 is 6.18 Å². The minimum absolute atomic E-state index is 0.00316. The zero-order chi connectivity index (χ0) is 26.7. The molecule has 1 aliphatic rings. The molecule has 1 aromatic carbocycles. The highest BCUT2D eigenvalue weighted by molar-refractivity contribution is 5.98. The maximum Gasteiger partial charge on any atom is 0.433 e. The Bertz CT molecular complexity index is 1410. The van der Waals surface area contributed by atoms with Crippen molar-refractivity contribution in [3.05, 3.63) is 65.5 Å². The number of amides is 1. The number of ether oxygens (including phenoxy) is 1. The second-order valence-electron chi connectivity index (χ2n) is 8.24. The first kappa shape index (κ1) is 25.9. The second kappa shape index (κ2) is 10.4. The minimum atomic E-state index is -4.64. The van der Waals surface area contributed by atoms with Crippen molar-refractivity contribution in [3.8, 4) is 17.2 Å². The summed E-state index contributed by atoms with van der Waals surface area (Å²) >= 11 is 0. The SMILES string of the molecule is C=CC=NC1=C(N)CCCC1NC(=O)c1nc(-c2ccc(OC)c3nc(C(F)(F)F)ccc23)oc1CN. The number of methoxy groups -OCH3 is 1. The molecule has 4 rings (SSSR count). The van der Waals surface area contributed by atoms with Gasteiger partial charge in [0.15, 0.2) is 11.5 Å². The highest BCUT2D eigenvalue weighted by atomic mass is 19.4. The lowest BCUT2D eigenvalue weighted by atomic mass is 9.96. The number of allylic oxidation sites excluding steroid dienone is 2. The Kier molecular flexibility index (Phi) is 7.30. The predicted octanol–water partition coefficient (Wildman–Crippen LogP) is 4.09. The van der Waals surface area contributed by atoms with Gasteiger partial charge in [-0.25, -0.2) is 9.97 Å². The van der Waals surface area contributed by atoms with Crippen LogP contribution < -0.4 is 21.5 Å². The summed E-state index contributed by atoms with van der Waals surface area (Å²) in [5.74, 6) is -0.289. The zero-order valence-electron chi connectivity index (χ0n) is 19.9. The minimum Gasteiger partial charge on any atom is -0.494 e. The van der Waals surface area contributed by atoms with Gasteiger partial charge in [0.2, 0.25) is 5.89 Å². The van der Waals surface area contributed by atoms with Crippen molar-refractivity contribution in [2.24, 2.45) is 16.5 Å². The number of halogens is 3. The van der Waals surface area contributed by atoms with Crippen LogP contribution in [0, 0.1) is 0 Å². The van der Waals surface area contributed by atoms with Gasteiger partial charge in [-0.05, 0) is 43.5 Å². The number of aromatic nitrogens is 2. The lowest BCUT2D eigenvalue weighted by Crippen LogP contribution is -2.39. The molecule has 1 amide bonds. The van der Waals surface area contributed by atoms with Crippen molar-refractivity contribution in [2.75, 3.05) is 7.11 Å². The van der Waals surface area contributed by atoms with Gasteiger partial charge < -0.3 is 25.9 Å². The van der Waals surface area contributed by atoms with E-state index in [1.54, 1.807) is 6.07 Å². The number of hydrogen-bond donors (Lipinski definition) is 3. The molecule has 9 nitrogen and oxygen atoms in total. The van der Waals surface area contributed by atoms with Crippen molar-refractivity contribution < 1.29 is 27.1 Å². The maximum atomic E-state index is 13.3. The van der Waals surface area contributed by atoms with Gasteiger partial charge in [-0.2, -0.15) is 13.2 Å². The standard InChI is InChI=1S/C25H25F3N6O3/c1-3-11-31-21-15(30)5-4-6-16(21)32-23(35)22-18(12-29)37-24(34-22)14-7-9-17(36-2)20-13(14)8-10-19(33-20)25(26,27)28/h3,7-11,16H,1,4-6,12,29-30H2,2H3,(H,32,35). The number of rotatable bonds is 7. The molecule has 0 saturated heterocycles. The van der Waals surface area contributed by atoms with Crippen LogP contribution in [0.15, 0.2) is 57.7 Å². The number of fused-ring (bicyclic) bond motifs is 1. The molecule has 3 aromatic rings. The van der Waals surface area contributed by atoms with E-state index in [1.807, 2.05) is 0 Å². The third-order valence-corrected chi connectivity index (χ3v) is 5.88. The number of nitrogens with two attached hydrogens (primary N) is 2. The lowest BCUT2D eigenvalue weighted by Gasteiger charge is -2.25. The molecule has 0 radical (unpaired) electrons. The normalized spacial score (nSPS) is 16.4. The number of hydrogen-bond acceptors (Lipinski definition) is 8. The van der Waals surface area contributed by atoms with Crippen molar-refractivity contribution in [1.29, 1.82) is 0 Å². The number of pyridine rings is 1. The van der Waals surface area contributed by atoms with Crippen molar-refractivity contribution >= 4 is 23.0 Å². The quantitative estimate of drug-likeness (QED) is 0.403. The summed E-state index contributed by atoms with van der Waals surface area (Å²) in [6, 6.07) is 4.69. The van der Waals surface area contributed by atoms with Crippen molar-refractivity contribution in [2.45, 2.75) is 38.0 Å². The van der Waals surface area contributed by atoms with E-state index in [0.29, 0.717) is 35.2 Å². The Balaban J connectivity index is 1.73. The van der Waals surface area contributed by atoms with Gasteiger partial charge in [0.25, 0.3) is 5.91 Å². The molecule has 0 spiro atoms. The fraction of sp³-hybridized carbons (Fsp3) is 0.280. The molecular weight excluding hydrogens is 489 g/mol. The predicted molar refractivity (Wildman–Crippen MR) is 132 cm³/mol. The Hall–Kier alpha value is -4.19. The molecule has 2 heterocycles. The van der Waals surface area contributed by atoms with E-state index in [2.05, 4.69) is 26.9 Å². The van der Waals surface area contributed by atoms with Crippen LogP contribution in [0.1, 0.15) is 41.2 Å². The molecule has 194 valence electrons. The van der Waals surface area contributed by atoms with Crippen LogP contribution in [0.2, 0.25) is 0 Å². The highest BCUT2D eigenvalue weighted by Gasteiger charge is 2.33. The van der Waals surface area contributed by atoms with Gasteiger partial charge in [-0.3, -0.25) is 9.79 Å². The molecule has 1 atom stereocenters. The highest BCUT2D eigenvalue weighted by Crippen LogP contribution is 2.37. The largest absolute Gasteiger partial charge is 0.494 e. The third kappa shape index (κ3) is 5.19. The Morgan fingerprint density at radius 1 is 1.32 bits per heavy atom. The van der Waals surface area contributed by atoms with E-state index in [4.69, 9.17) is 20.6 Å². The first-order valence-electron chi connectivity index (χ1n) is 11.4. The molecule has 0 fully saturated rings. The average molecular weight is 515 g/mol. The zero-order valence-corrected chi connectivity index (χ0v) is 19.9. The summed E-state index contributed by atoms with van der Waals surface area (Å²) in [6.45, 7) is 3.47. The Morgan fingerprint density at radius 3 is 2.78 bits per heavy atom. The van der Waals surface area contributed by atoms with Crippen LogP contribution >= 0.6 is 0 Å². The van der Waals surface area contributed by atoms with Gasteiger partial charge in [-0.1, -0.05) is 12.7 Å². The van der Waals surface area contributed by atoms with Gasteiger partial charge in [0.05, 0.1) is 25.4 Å². The molecule has 1 unspecified atom stereocenters. The summed E-state index contributed by atoms with van der Waals surface area (Å²) in [4.78, 5) is 25.6. The monoisotopic (exact) mass is 514 g/mol.